The Kier molecular flexibility index (Phi) is 5.56. The third-order valence-corrected chi connectivity index (χ3v) is 5.22. The molecule has 2 aliphatic rings. The summed E-state index contributed by atoms with van der Waals surface area (Å²) in [5, 5.41) is 0. The van der Waals surface area contributed by atoms with E-state index in [4.69, 9.17) is 4.74 Å². The van der Waals surface area contributed by atoms with E-state index in [0.717, 1.165) is 25.7 Å². The summed E-state index contributed by atoms with van der Waals surface area (Å²) in [5.74, 6) is 0.0398. The molecule has 0 spiro atoms. The number of hydrogen-bond acceptors (Lipinski definition) is 3. The smallest absolute Gasteiger partial charge is 0.257 e. The molecule has 0 unspecified atom stereocenters. The number of carbonyl (C=O) groups is 2. The van der Waals surface area contributed by atoms with Crippen LogP contribution in [0.1, 0.15) is 42.5 Å². The SMILES string of the molecule is COc1ccc(F)cc1C(=O)N1CCN(C(=O)C2CCCCC2)CC1. The molecule has 5 nitrogen and oxygen atoms in total. The van der Waals surface area contributed by atoms with Crippen molar-refractivity contribution < 1.29 is 18.7 Å². The van der Waals surface area contributed by atoms with Gasteiger partial charge >= 0.3 is 0 Å². The molecule has 0 atom stereocenters. The highest BCUT2D eigenvalue weighted by atomic mass is 19.1. The summed E-state index contributed by atoms with van der Waals surface area (Å²) < 4.78 is 18.7. The normalized spacial score (nSPS) is 19.0. The number of hydrogen-bond donors (Lipinski definition) is 0. The number of rotatable bonds is 3. The van der Waals surface area contributed by atoms with E-state index < -0.39 is 5.82 Å². The zero-order chi connectivity index (χ0) is 17.8. The van der Waals surface area contributed by atoms with E-state index in [1.165, 1.54) is 31.7 Å². The molecule has 6 heteroatoms. The highest BCUT2D eigenvalue weighted by Crippen LogP contribution is 2.26. The third-order valence-electron chi connectivity index (χ3n) is 5.22. The summed E-state index contributed by atoms with van der Waals surface area (Å²) in [4.78, 5) is 28.8. The van der Waals surface area contributed by atoms with Crippen LogP contribution >= 0.6 is 0 Å². The van der Waals surface area contributed by atoms with E-state index in [1.807, 2.05) is 4.90 Å². The van der Waals surface area contributed by atoms with Gasteiger partial charge in [-0.05, 0) is 31.0 Å². The van der Waals surface area contributed by atoms with Gasteiger partial charge < -0.3 is 14.5 Å². The van der Waals surface area contributed by atoms with Crippen LogP contribution in [0.15, 0.2) is 18.2 Å². The van der Waals surface area contributed by atoms with Crippen molar-refractivity contribution in [2.75, 3.05) is 33.3 Å². The second kappa shape index (κ2) is 7.85. The first kappa shape index (κ1) is 17.7. The van der Waals surface area contributed by atoms with Gasteiger partial charge in [0.05, 0.1) is 12.7 Å². The van der Waals surface area contributed by atoms with Gasteiger partial charge in [-0.25, -0.2) is 4.39 Å². The largest absolute Gasteiger partial charge is 0.496 e. The maximum absolute atomic E-state index is 13.5. The molecule has 0 aromatic heterocycles. The Bertz CT molecular complexity index is 636. The lowest BCUT2D eigenvalue weighted by atomic mass is 9.88. The molecule has 25 heavy (non-hydrogen) atoms. The Labute approximate surface area is 147 Å². The average Bonchev–Trinajstić information content (AvgIpc) is 2.67. The van der Waals surface area contributed by atoms with Crippen molar-refractivity contribution in [1.82, 2.24) is 9.80 Å². The van der Waals surface area contributed by atoms with E-state index >= 15 is 0 Å². The Morgan fingerprint density at radius 2 is 1.68 bits per heavy atom. The van der Waals surface area contributed by atoms with E-state index in [-0.39, 0.29) is 23.3 Å². The summed E-state index contributed by atoms with van der Waals surface area (Å²) in [7, 11) is 1.46. The zero-order valence-corrected chi connectivity index (χ0v) is 14.7. The summed E-state index contributed by atoms with van der Waals surface area (Å²) in [6.45, 7) is 2.02. The highest BCUT2D eigenvalue weighted by Gasteiger charge is 2.30. The molecule has 1 aromatic carbocycles. The molecule has 0 bridgehead atoms. The quantitative estimate of drug-likeness (QED) is 0.844. The molecular weight excluding hydrogens is 323 g/mol. The van der Waals surface area contributed by atoms with Crippen LogP contribution in [0.3, 0.4) is 0 Å². The van der Waals surface area contributed by atoms with Gasteiger partial charge in [0.25, 0.3) is 5.91 Å². The number of piperazine rings is 1. The van der Waals surface area contributed by atoms with Crippen molar-refractivity contribution >= 4 is 11.8 Å². The zero-order valence-electron chi connectivity index (χ0n) is 14.7. The van der Waals surface area contributed by atoms with Crippen molar-refractivity contribution in [1.29, 1.82) is 0 Å². The first-order chi connectivity index (χ1) is 12.1. The van der Waals surface area contributed by atoms with E-state index in [0.29, 0.717) is 31.9 Å². The Morgan fingerprint density at radius 3 is 2.32 bits per heavy atom. The van der Waals surface area contributed by atoms with Gasteiger partial charge in [-0.15, -0.1) is 0 Å². The predicted octanol–water partition coefficient (Wildman–Crippen LogP) is 2.70. The van der Waals surface area contributed by atoms with Crippen molar-refractivity contribution in [2.24, 2.45) is 5.92 Å². The van der Waals surface area contributed by atoms with Crippen LogP contribution in [0.4, 0.5) is 4.39 Å². The van der Waals surface area contributed by atoms with Crippen LogP contribution in [0.25, 0.3) is 0 Å². The predicted molar refractivity (Wildman–Crippen MR) is 92.0 cm³/mol. The van der Waals surface area contributed by atoms with Crippen LogP contribution in [-0.4, -0.2) is 54.9 Å². The molecule has 1 aromatic rings. The summed E-state index contributed by atoms with van der Waals surface area (Å²) in [5.41, 5.74) is 0.231. The first-order valence-electron chi connectivity index (χ1n) is 9.01. The fraction of sp³-hybridized carbons (Fsp3) is 0.579. The highest BCUT2D eigenvalue weighted by molar-refractivity contribution is 5.97. The van der Waals surface area contributed by atoms with Gasteiger partial charge in [0, 0.05) is 32.1 Å². The molecular formula is C19H25FN2O3. The van der Waals surface area contributed by atoms with Crippen molar-refractivity contribution in [3.05, 3.63) is 29.6 Å². The fourth-order valence-corrected chi connectivity index (χ4v) is 3.76. The van der Waals surface area contributed by atoms with Crippen LogP contribution in [-0.2, 0) is 4.79 Å². The lowest BCUT2D eigenvalue weighted by molar-refractivity contribution is -0.138. The maximum Gasteiger partial charge on any atom is 0.257 e. The molecule has 2 amide bonds. The number of ether oxygens (including phenoxy) is 1. The number of halogens is 1. The van der Waals surface area contributed by atoms with Crippen molar-refractivity contribution in [2.45, 2.75) is 32.1 Å². The Morgan fingerprint density at radius 1 is 1.04 bits per heavy atom. The third kappa shape index (κ3) is 3.94. The van der Waals surface area contributed by atoms with E-state index in [9.17, 15) is 14.0 Å². The monoisotopic (exact) mass is 348 g/mol. The van der Waals surface area contributed by atoms with Gasteiger partial charge in [-0.2, -0.15) is 0 Å². The summed E-state index contributed by atoms with van der Waals surface area (Å²) >= 11 is 0. The topological polar surface area (TPSA) is 49.9 Å². The molecule has 0 N–H and O–H groups in total. The Balaban J connectivity index is 1.61. The van der Waals surface area contributed by atoms with Gasteiger partial charge in [0.2, 0.25) is 5.91 Å². The minimum atomic E-state index is -0.463. The van der Waals surface area contributed by atoms with Gasteiger partial charge in [-0.3, -0.25) is 9.59 Å². The van der Waals surface area contributed by atoms with E-state index in [2.05, 4.69) is 0 Å². The number of benzene rings is 1. The minimum absolute atomic E-state index is 0.152. The summed E-state index contributed by atoms with van der Waals surface area (Å²) in [6.07, 6.45) is 5.46. The fourth-order valence-electron chi connectivity index (χ4n) is 3.76. The Hall–Kier alpha value is -2.11. The van der Waals surface area contributed by atoms with Crippen molar-refractivity contribution in [3.63, 3.8) is 0 Å². The second-order valence-electron chi connectivity index (χ2n) is 6.80. The molecule has 2 fully saturated rings. The van der Waals surface area contributed by atoms with Crippen molar-refractivity contribution in [3.8, 4) is 5.75 Å². The number of amides is 2. The first-order valence-corrected chi connectivity index (χ1v) is 9.01. The van der Waals surface area contributed by atoms with Crippen LogP contribution in [0, 0.1) is 11.7 Å². The van der Waals surface area contributed by atoms with Gasteiger partial charge in [-0.1, -0.05) is 19.3 Å². The molecule has 1 saturated heterocycles. The molecule has 136 valence electrons. The molecule has 0 radical (unpaired) electrons. The van der Waals surface area contributed by atoms with Crippen LogP contribution in [0.5, 0.6) is 5.75 Å². The molecule has 1 saturated carbocycles. The molecule has 1 aliphatic heterocycles. The van der Waals surface area contributed by atoms with Gasteiger partial charge in [0.15, 0.2) is 0 Å². The lowest BCUT2D eigenvalue weighted by Gasteiger charge is -2.37. The lowest BCUT2D eigenvalue weighted by Crippen LogP contribution is -2.52. The number of nitrogens with zero attached hydrogens (tertiary/aromatic N) is 2. The maximum atomic E-state index is 13.5. The molecule has 1 aliphatic carbocycles. The molecule has 1 heterocycles. The second-order valence-corrected chi connectivity index (χ2v) is 6.80. The summed E-state index contributed by atoms with van der Waals surface area (Å²) in [6, 6.07) is 3.95. The molecule has 3 rings (SSSR count). The minimum Gasteiger partial charge on any atom is -0.496 e. The van der Waals surface area contributed by atoms with Crippen LogP contribution < -0.4 is 4.74 Å². The average molecular weight is 348 g/mol. The number of carbonyl (C=O) groups excluding carboxylic acids is 2. The van der Waals surface area contributed by atoms with Crippen LogP contribution in [0.2, 0.25) is 0 Å². The number of methoxy groups -OCH3 is 1. The van der Waals surface area contributed by atoms with E-state index in [1.54, 1.807) is 4.90 Å². The standard InChI is InChI=1S/C19H25FN2O3/c1-25-17-8-7-15(20)13-16(17)19(24)22-11-9-21(10-12-22)18(23)14-5-3-2-4-6-14/h7-8,13-14H,2-6,9-12H2,1H3. The van der Waals surface area contributed by atoms with Gasteiger partial charge in [0.1, 0.15) is 11.6 Å².